The normalized spacial score (nSPS) is 11.7. The molecule has 0 aliphatic carbocycles. The highest BCUT2D eigenvalue weighted by Gasteiger charge is 2.15. The molecule has 0 saturated heterocycles. The van der Waals surface area contributed by atoms with Crippen molar-refractivity contribution in [3.8, 4) is 0 Å². The second-order valence-electron chi connectivity index (χ2n) is 6.22. The van der Waals surface area contributed by atoms with Gasteiger partial charge in [0.05, 0.1) is 0 Å². The Hall–Kier alpha value is -2.80. The molecule has 5 nitrogen and oxygen atoms in total. The molecule has 1 atom stereocenters. The molecule has 0 radical (unpaired) electrons. The number of nitrogens with one attached hydrogen (secondary N) is 2. The smallest absolute Gasteiger partial charge is 0.326 e. The molecule has 0 spiro atoms. The number of imide groups is 1. The molecule has 138 valence electrons. The van der Waals surface area contributed by atoms with Crippen LogP contribution in [0.3, 0.4) is 0 Å². The van der Waals surface area contributed by atoms with Crippen molar-refractivity contribution in [2.75, 3.05) is 11.9 Å². The minimum atomic E-state index is -0.931. The van der Waals surface area contributed by atoms with Crippen LogP contribution in [0.2, 0.25) is 0 Å². The standard InChI is InChI=1S/C19H21F2N3O2/c1-11-4-7-17(12(2)8-11)23-19(26)24-18(25)10-22-13(3)14-5-6-15(20)16(21)9-14/h4-9,13,22H,10H2,1-3H3,(H2,23,24,25,26)/p+1/t13-/m1/s1. The van der Waals surface area contributed by atoms with E-state index in [1.807, 2.05) is 26.0 Å². The number of hydrogen-bond acceptors (Lipinski definition) is 2. The Bertz CT molecular complexity index is 824. The fourth-order valence-corrected chi connectivity index (χ4v) is 2.50. The molecule has 2 aromatic rings. The summed E-state index contributed by atoms with van der Waals surface area (Å²) in [5.74, 6) is -2.33. The molecule has 26 heavy (non-hydrogen) atoms. The van der Waals surface area contributed by atoms with Crippen LogP contribution in [-0.4, -0.2) is 18.5 Å². The number of carbonyl (C=O) groups excluding carboxylic acids is 2. The molecular weight excluding hydrogens is 340 g/mol. The molecule has 0 aromatic heterocycles. The molecule has 0 saturated carbocycles. The summed E-state index contributed by atoms with van der Waals surface area (Å²) < 4.78 is 26.2. The molecule has 3 amide bonds. The fraction of sp³-hybridized carbons (Fsp3) is 0.263. The molecule has 2 rings (SSSR count). The summed E-state index contributed by atoms with van der Waals surface area (Å²) in [4.78, 5) is 23.8. The van der Waals surface area contributed by atoms with Gasteiger partial charge in [0.15, 0.2) is 18.2 Å². The van der Waals surface area contributed by atoms with Gasteiger partial charge in [-0.2, -0.15) is 0 Å². The van der Waals surface area contributed by atoms with E-state index in [1.165, 1.54) is 6.07 Å². The highest BCUT2D eigenvalue weighted by molar-refractivity contribution is 6.01. The topological polar surface area (TPSA) is 74.8 Å². The molecule has 0 aliphatic heterocycles. The van der Waals surface area contributed by atoms with Gasteiger partial charge in [-0.3, -0.25) is 10.1 Å². The number of anilines is 1. The SMILES string of the molecule is Cc1ccc(NC(=O)NC(=O)C[NH2+][C@H](C)c2ccc(F)c(F)c2)c(C)c1. The number of hydrogen-bond donors (Lipinski definition) is 3. The largest absolute Gasteiger partial charge is 0.333 e. The molecule has 7 heteroatoms. The quantitative estimate of drug-likeness (QED) is 0.765. The summed E-state index contributed by atoms with van der Waals surface area (Å²) in [5, 5.41) is 6.50. The van der Waals surface area contributed by atoms with Gasteiger partial charge >= 0.3 is 6.03 Å². The minimum Gasteiger partial charge on any atom is -0.333 e. The van der Waals surface area contributed by atoms with Crippen molar-refractivity contribution in [3.05, 3.63) is 64.7 Å². The van der Waals surface area contributed by atoms with Gasteiger partial charge in [0, 0.05) is 11.3 Å². The lowest BCUT2D eigenvalue weighted by Gasteiger charge is -2.12. The van der Waals surface area contributed by atoms with Crippen molar-refractivity contribution in [2.24, 2.45) is 0 Å². The first-order valence-electron chi connectivity index (χ1n) is 8.22. The first-order valence-corrected chi connectivity index (χ1v) is 8.22. The summed E-state index contributed by atoms with van der Waals surface area (Å²) in [6, 6.07) is 8.29. The highest BCUT2D eigenvalue weighted by atomic mass is 19.2. The van der Waals surface area contributed by atoms with Crippen LogP contribution in [0.25, 0.3) is 0 Å². The number of halogens is 2. The average Bonchev–Trinajstić information content (AvgIpc) is 2.57. The lowest BCUT2D eigenvalue weighted by atomic mass is 10.1. The van der Waals surface area contributed by atoms with Crippen LogP contribution >= 0.6 is 0 Å². The van der Waals surface area contributed by atoms with Gasteiger partial charge in [-0.15, -0.1) is 0 Å². The third kappa shape index (κ3) is 5.35. The minimum absolute atomic E-state index is 0.0273. The van der Waals surface area contributed by atoms with Crippen molar-refractivity contribution in [1.82, 2.24) is 5.32 Å². The van der Waals surface area contributed by atoms with E-state index in [0.717, 1.165) is 23.3 Å². The zero-order chi connectivity index (χ0) is 19.3. The molecule has 2 aromatic carbocycles. The maximum absolute atomic E-state index is 13.3. The molecule has 0 fully saturated rings. The van der Waals surface area contributed by atoms with E-state index in [9.17, 15) is 18.4 Å². The molecule has 0 aliphatic rings. The second kappa shape index (κ2) is 8.53. The first kappa shape index (κ1) is 19.5. The van der Waals surface area contributed by atoms with Crippen molar-refractivity contribution >= 4 is 17.6 Å². The summed E-state index contributed by atoms with van der Waals surface area (Å²) in [6.45, 7) is 5.54. The number of rotatable bonds is 5. The Morgan fingerprint density at radius 2 is 1.81 bits per heavy atom. The number of aryl methyl sites for hydroxylation is 2. The summed E-state index contributed by atoms with van der Waals surface area (Å²) in [7, 11) is 0. The third-order valence-corrected chi connectivity index (χ3v) is 4.01. The van der Waals surface area contributed by atoms with Crippen LogP contribution in [0.5, 0.6) is 0 Å². The van der Waals surface area contributed by atoms with Gasteiger partial charge in [-0.05, 0) is 50.6 Å². The Labute approximate surface area is 150 Å². The van der Waals surface area contributed by atoms with Crippen LogP contribution in [0.4, 0.5) is 19.3 Å². The van der Waals surface area contributed by atoms with E-state index in [4.69, 9.17) is 0 Å². The Balaban J connectivity index is 1.84. The van der Waals surface area contributed by atoms with Crippen LogP contribution in [0, 0.1) is 25.5 Å². The summed E-state index contributed by atoms with van der Waals surface area (Å²) in [5.41, 5.74) is 3.15. The molecular formula is C19H22F2N3O2+. The fourth-order valence-electron chi connectivity index (χ4n) is 2.50. The number of nitrogens with two attached hydrogens (primary N) is 1. The van der Waals surface area contributed by atoms with Gasteiger partial charge in [0.25, 0.3) is 5.91 Å². The third-order valence-electron chi connectivity index (χ3n) is 4.01. The Morgan fingerprint density at radius 1 is 1.08 bits per heavy atom. The van der Waals surface area contributed by atoms with Crippen LogP contribution in [0.15, 0.2) is 36.4 Å². The number of urea groups is 1. The van der Waals surface area contributed by atoms with Gasteiger partial charge in [0.1, 0.15) is 6.04 Å². The van der Waals surface area contributed by atoms with Gasteiger partial charge in [-0.25, -0.2) is 13.6 Å². The average molecular weight is 362 g/mol. The molecule has 0 unspecified atom stereocenters. The van der Waals surface area contributed by atoms with E-state index < -0.39 is 23.6 Å². The zero-order valence-corrected chi connectivity index (χ0v) is 14.9. The predicted molar refractivity (Wildman–Crippen MR) is 94.6 cm³/mol. The van der Waals surface area contributed by atoms with Gasteiger partial charge in [0.2, 0.25) is 0 Å². The summed E-state index contributed by atoms with van der Waals surface area (Å²) in [6.07, 6.45) is 0. The van der Waals surface area contributed by atoms with E-state index in [2.05, 4.69) is 10.6 Å². The maximum atomic E-state index is 13.3. The van der Waals surface area contributed by atoms with E-state index in [-0.39, 0.29) is 12.6 Å². The van der Waals surface area contributed by atoms with Gasteiger partial charge < -0.3 is 10.6 Å². The van der Waals surface area contributed by atoms with Crippen molar-refractivity contribution in [2.45, 2.75) is 26.8 Å². The second-order valence-corrected chi connectivity index (χ2v) is 6.22. The Morgan fingerprint density at radius 3 is 2.46 bits per heavy atom. The van der Waals surface area contributed by atoms with Gasteiger partial charge in [-0.1, -0.05) is 17.7 Å². The van der Waals surface area contributed by atoms with Crippen molar-refractivity contribution < 1.29 is 23.7 Å². The zero-order valence-electron chi connectivity index (χ0n) is 14.9. The number of benzene rings is 2. The lowest BCUT2D eigenvalue weighted by Crippen LogP contribution is -2.87. The maximum Gasteiger partial charge on any atom is 0.326 e. The monoisotopic (exact) mass is 362 g/mol. The van der Waals surface area contributed by atoms with Crippen LogP contribution < -0.4 is 16.0 Å². The number of quaternary nitrogens is 1. The molecule has 4 N–H and O–H groups in total. The van der Waals surface area contributed by atoms with Crippen LogP contribution in [-0.2, 0) is 4.79 Å². The van der Waals surface area contributed by atoms with Crippen molar-refractivity contribution in [1.29, 1.82) is 0 Å². The lowest BCUT2D eigenvalue weighted by molar-refractivity contribution is -0.682. The van der Waals surface area contributed by atoms with Crippen LogP contribution in [0.1, 0.15) is 29.7 Å². The van der Waals surface area contributed by atoms with Crippen molar-refractivity contribution in [3.63, 3.8) is 0 Å². The predicted octanol–water partition coefficient (Wildman–Crippen LogP) is 2.55. The molecule has 0 heterocycles. The number of amides is 3. The summed E-state index contributed by atoms with van der Waals surface area (Å²) >= 11 is 0. The van der Waals surface area contributed by atoms with E-state index in [0.29, 0.717) is 11.3 Å². The first-order chi connectivity index (χ1) is 12.3. The molecule has 0 bridgehead atoms. The Kier molecular flexibility index (Phi) is 6.41. The van der Waals surface area contributed by atoms with E-state index >= 15 is 0 Å². The van der Waals surface area contributed by atoms with E-state index in [1.54, 1.807) is 18.3 Å². The highest BCUT2D eigenvalue weighted by Crippen LogP contribution is 2.15. The number of carbonyl (C=O) groups is 2.